The maximum absolute atomic E-state index is 13.7. The number of rotatable bonds is 6. The summed E-state index contributed by atoms with van der Waals surface area (Å²) in [6.07, 6.45) is 4.94. The average Bonchev–Trinajstić information content (AvgIpc) is 3.35. The second kappa shape index (κ2) is 8.20. The van der Waals surface area contributed by atoms with Gasteiger partial charge in [0, 0.05) is 6.07 Å². The molecule has 0 bridgehead atoms. The highest BCUT2D eigenvalue weighted by Gasteiger charge is 2.36. The molecule has 1 atom stereocenters. The van der Waals surface area contributed by atoms with E-state index >= 15 is 0 Å². The van der Waals surface area contributed by atoms with Gasteiger partial charge in [0.15, 0.2) is 5.82 Å². The van der Waals surface area contributed by atoms with E-state index in [1.54, 1.807) is 29.8 Å². The van der Waals surface area contributed by atoms with Gasteiger partial charge in [0.05, 0.1) is 28.3 Å². The molecule has 0 aliphatic heterocycles. The van der Waals surface area contributed by atoms with E-state index in [4.69, 9.17) is 21.9 Å². The molecule has 5 aromatic rings. The number of nitrogens with zero attached hydrogens (tertiary/aromatic N) is 6. The molecule has 12 heteroatoms. The molecule has 4 heterocycles. The fraction of sp³-hybridized carbons (Fsp3) is 0.217. The molecule has 4 aromatic heterocycles. The zero-order valence-electron chi connectivity index (χ0n) is 18.6. The van der Waals surface area contributed by atoms with Crippen molar-refractivity contribution in [1.29, 1.82) is 0 Å². The van der Waals surface area contributed by atoms with Gasteiger partial charge >= 0.3 is 0 Å². The summed E-state index contributed by atoms with van der Waals surface area (Å²) in [7, 11) is 0. The fourth-order valence-corrected chi connectivity index (χ4v) is 4.58. The van der Waals surface area contributed by atoms with E-state index in [0.717, 1.165) is 23.9 Å². The highest BCUT2D eigenvalue weighted by Crippen LogP contribution is 2.44. The summed E-state index contributed by atoms with van der Waals surface area (Å²) in [5.74, 6) is 2.12. The van der Waals surface area contributed by atoms with Gasteiger partial charge < -0.3 is 15.6 Å². The molecular weight excluding hydrogens is 470 g/mol. The van der Waals surface area contributed by atoms with E-state index in [1.807, 2.05) is 18.2 Å². The largest absolute Gasteiger partial charge is 0.383 e. The Kier molecular flexibility index (Phi) is 4.99. The smallest absolute Gasteiger partial charge is 0.265 e. The average molecular weight is 490 g/mol. The van der Waals surface area contributed by atoms with Crippen LogP contribution < -0.4 is 16.6 Å². The molecule has 176 valence electrons. The van der Waals surface area contributed by atoms with Crippen molar-refractivity contribution in [2.75, 3.05) is 11.1 Å². The number of benzene rings is 1. The third kappa shape index (κ3) is 3.69. The summed E-state index contributed by atoms with van der Waals surface area (Å²) in [6.45, 7) is 1.72. The molecule has 4 N–H and O–H groups in total. The van der Waals surface area contributed by atoms with Crippen LogP contribution in [0.1, 0.15) is 30.4 Å². The number of pyridine rings is 1. The number of halogens is 1. The minimum atomic E-state index is -0.286. The maximum Gasteiger partial charge on any atom is 0.265 e. The number of nitrogen functional groups attached to an aromatic ring is 1. The minimum absolute atomic E-state index is 0.206. The molecule has 1 fully saturated rings. The van der Waals surface area contributed by atoms with Crippen molar-refractivity contribution in [2.24, 2.45) is 5.92 Å². The van der Waals surface area contributed by atoms with Crippen LogP contribution in [0.3, 0.4) is 0 Å². The van der Waals surface area contributed by atoms with E-state index in [9.17, 15) is 4.79 Å². The van der Waals surface area contributed by atoms with Crippen molar-refractivity contribution in [2.45, 2.75) is 25.8 Å². The summed E-state index contributed by atoms with van der Waals surface area (Å²) in [4.78, 5) is 26.6. The number of hydrogen-bond acceptors (Lipinski definition) is 9. The number of nitrogens with one attached hydrogen (secondary N) is 2. The van der Waals surface area contributed by atoms with Crippen LogP contribution in [0.25, 0.3) is 28.0 Å². The Morgan fingerprint density at radius 1 is 1.29 bits per heavy atom. The molecule has 0 saturated heterocycles. The van der Waals surface area contributed by atoms with Crippen molar-refractivity contribution in [1.82, 2.24) is 34.9 Å². The Labute approximate surface area is 203 Å². The Balaban J connectivity index is 1.55. The highest BCUT2D eigenvalue weighted by molar-refractivity contribution is 6.35. The lowest BCUT2D eigenvalue weighted by molar-refractivity contribution is 0.425. The van der Waals surface area contributed by atoms with E-state index in [-0.39, 0.29) is 29.2 Å². The van der Waals surface area contributed by atoms with Crippen molar-refractivity contribution >= 4 is 34.0 Å². The molecule has 0 unspecified atom stereocenters. The number of H-pyrrole nitrogens is 1. The predicted octanol–water partition coefficient (Wildman–Crippen LogP) is 3.66. The Bertz CT molecular complexity index is 1610. The first-order valence-electron chi connectivity index (χ1n) is 11.0. The van der Waals surface area contributed by atoms with Crippen LogP contribution in [0.15, 0.2) is 52.2 Å². The lowest BCUT2D eigenvalue weighted by atomic mass is 10.0. The van der Waals surface area contributed by atoms with Crippen LogP contribution in [-0.4, -0.2) is 34.9 Å². The van der Waals surface area contributed by atoms with Crippen LogP contribution in [-0.2, 0) is 0 Å². The molecule has 0 amide bonds. The zero-order valence-corrected chi connectivity index (χ0v) is 19.3. The van der Waals surface area contributed by atoms with Crippen molar-refractivity contribution in [3.8, 4) is 17.3 Å². The van der Waals surface area contributed by atoms with Gasteiger partial charge in [-0.15, -0.1) is 0 Å². The molecule has 0 radical (unpaired) electrons. The number of aryl methyl sites for hydroxylation is 1. The summed E-state index contributed by atoms with van der Waals surface area (Å²) < 4.78 is 6.97. The minimum Gasteiger partial charge on any atom is -0.383 e. The van der Waals surface area contributed by atoms with Crippen molar-refractivity contribution in [3.05, 3.63) is 69.8 Å². The summed E-state index contributed by atoms with van der Waals surface area (Å²) in [6, 6.07) is 8.85. The van der Waals surface area contributed by atoms with E-state index < -0.39 is 0 Å². The van der Waals surface area contributed by atoms with Gasteiger partial charge in [0.25, 0.3) is 11.4 Å². The van der Waals surface area contributed by atoms with Gasteiger partial charge in [-0.05, 0) is 43.2 Å². The predicted molar refractivity (Wildman–Crippen MR) is 130 cm³/mol. The van der Waals surface area contributed by atoms with E-state index in [2.05, 4.69) is 35.6 Å². The first-order valence-corrected chi connectivity index (χ1v) is 11.4. The number of hydrogen-bond donors (Lipinski definition) is 3. The van der Waals surface area contributed by atoms with E-state index in [1.165, 1.54) is 6.33 Å². The number of aromatic amines is 1. The van der Waals surface area contributed by atoms with Gasteiger partial charge in [-0.25, -0.2) is 9.97 Å². The fourth-order valence-electron chi connectivity index (χ4n) is 4.32. The van der Waals surface area contributed by atoms with Crippen LogP contribution >= 0.6 is 11.6 Å². The quantitative estimate of drug-likeness (QED) is 0.324. The second-order valence-corrected chi connectivity index (χ2v) is 8.85. The number of fused-ring (bicyclic) bond motifs is 1. The van der Waals surface area contributed by atoms with Crippen LogP contribution in [0.5, 0.6) is 0 Å². The van der Waals surface area contributed by atoms with E-state index in [0.29, 0.717) is 33.4 Å². The summed E-state index contributed by atoms with van der Waals surface area (Å²) >= 11 is 6.43. The van der Waals surface area contributed by atoms with Gasteiger partial charge in [0.2, 0.25) is 0 Å². The third-order valence-electron chi connectivity index (χ3n) is 6.07. The lowest BCUT2D eigenvalue weighted by Crippen LogP contribution is -2.28. The van der Waals surface area contributed by atoms with Gasteiger partial charge in [-0.2, -0.15) is 10.1 Å². The topological polar surface area (TPSA) is 153 Å². The number of anilines is 2. The maximum atomic E-state index is 13.7. The monoisotopic (exact) mass is 489 g/mol. The van der Waals surface area contributed by atoms with Crippen LogP contribution in [0.2, 0.25) is 5.02 Å². The molecule has 0 spiro atoms. The Hall–Kier alpha value is -4.25. The molecule has 6 rings (SSSR count). The zero-order chi connectivity index (χ0) is 24.1. The second-order valence-electron chi connectivity index (χ2n) is 8.44. The SMILES string of the molecule is Cc1noc(-c2c(N)ncnc2N[C@H](c2cc3cccc(Cl)c3c(=O)n2-c2ccn[nH]2)C2CC2)n1. The van der Waals surface area contributed by atoms with Gasteiger partial charge in [-0.3, -0.25) is 14.5 Å². The van der Waals surface area contributed by atoms with Gasteiger partial charge in [-0.1, -0.05) is 28.9 Å². The molecule has 1 aromatic carbocycles. The summed E-state index contributed by atoms with van der Waals surface area (Å²) in [5.41, 5.74) is 7.10. The molecule has 1 aliphatic carbocycles. The molecule has 1 aliphatic rings. The lowest BCUT2D eigenvalue weighted by Gasteiger charge is -2.24. The highest BCUT2D eigenvalue weighted by atomic mass is 35.5. The number of aromatic nitrogens is 7. The molecule has 35 heavy (non-hydrogen) atoms. The Morgan fingerprint density at radius 3 is 2.86 bits per heavy atom. The van der Waals surface area contributed by atoms with Crippen LogP contribution in [0, 0.1) is 12.8 Å². The normalized spacial score (nSPS) is 14.3. The third-order valence-corrected chi connectivity index (χ3v) is 6.39. The van der Waals surface area contributed by atoms with Crippen molar-refractivity contribution in [3.63, 3.8) is 0 Å². The Morgan fingerprint density at radius 2 is 2.14 bits per heavy atom. The van der Waals surface area contributed by atoms with Crippen molar-refractivity contribution < 1.29 is 4.52 Å². The number of nitrogens with two attached hydrogens (primary N) is 1. The molecule has 11 nitrogen and oxygen atoms in total. The first-order chi connectivity index (χ1) is 17.0. The first kappa shape index (κ1) is 21.3. The summed E-state index contributed by atoms with van der Waals surface area (Å²) in [5, 5.41) is 15.9. The standard InChI is InChI=1S/C23H20ClN9O2/c1-11-29-22(35-32-11)18-20(25)26-10-27-21(18)30-19(12-5-6-12)15-9-13-3-2-4-14(24)17(13)23(34)33(15)16-7-8-28-31-16/h2-4,7-10,12,19H,5-6H2,1H3,(H,28,31)(H3,25,26,27,30)/t19-/m0/s1. The molecular formula is C23H20ClN9O2. The molecule has 1 saturated carbocycles. The van der Waals surface area contributed by atoms with Crippen LogP contribution in [0.4, 0.5) is 11.6 Å². The van der Waals surface area contributed by atoms with Gasteiger partial charge in [0.1, 0.15) is 29.3 Å².